The number of benzene rings is 1. The highest BCUT2D eigenvalue weighted by Gasteiger charge is 2.12. The summed E-state index contributed by atoms with van der Waals surface area (Å²) in [7, 11) is 0. The molecular weight excluding hydrogens is 240 g/mol. The van der Waals surface area contributed by atoms with Gasteiger partial charge in [0.15, 0.2) is 0 Å². The minimum absolute atomic E-state index is 0.0119. The normalized spacial score (nSPS) is 11.5. The average Bonchev–Trinajstić information content (AvgIpc) is 2.32. The van der Waals surface area contributed by atoms with Gasteiger partial charge in [-0.1, -0.05) is 45.0 Å². The molecule has 1 aromatic rings. The Bertz CT molecular complexity index is 394. The summed E-state index contributed by atoms with van der Waals surface area (Å²) in [4.78, 5) is 10.4. The molecule has 0 radical (unpaired) electrons. The van der Waals surface area contributed by atoms with Gasteiger partial charge in [-0.2, -0.15) is 0 Å². The number of ether oxygens (including phenoxy) is 1. The van der Waals surface area contributed by atoms with E-state index in [4.69, 9.17) is 10.5 Å². The van der Waals surface area contributed by atoms with Gasteiger partial charge in [0, 0.05) is 13.1 Å². The number of nitrogens with one attached hydrogen (secondary N) is 1. The number of primary amides is 1. The molecule has 0 unspecified atom stereocenters. The number of carbonyl (C=O) groups is 1. The summed E-state index contributed by atoms with van der Waals surface area (Å²) in [5, 5.41) is 3.26. The van der Waals surface area contributed by atoms with Gasteiger partial charge in [-0.3, -0.25) is 4.79 Å². The maximum atomic E-state index is 10.4. The van der Waals surface area contributed by atoms with E-state index < -0.39 is 5.91 Å². The van der Waals surface area contributed by atoms with Gasteiger partial charge in [-0.15, -0.1) is 0 Å². The van der Waals surface area contributed by atoms with Gasteiger partial charge in [0.2, 0.25) is 5.91 Å². The first-order valence-electron chi connectivity index (χ1n) is 6.56. The van der Waals surface area contributed by atoms with Crippen LogP contribution in [-0.2, 0) is 21.5 Å². The molecule has 0 spiro atoms. The lowest BCUT2D eigenvalue weighted by Gasteiger charge is -2.19. The molecule has 0 saturated heterocycles. The van der Waals surface area contributed by atoms with E-state index in [1.54, 1.807) is 0 Å². The highest BCUT2D eigenvalue weighted by Crippen LogP contribution is 2.21. The van der Waals surface area contributed by atoms with E-state index in [2.05, 4.69) is 50.4 Å². The average molecular weight is 264 g/mol. The summed E-state index contributed by atoms with van der Waals surface area (Å²) in [5.41, 5.74) is 7.73. The second-order valence-electron chi connectivity index (χ2n) is 5.64. The molecule has 4 nitrogen and oxygen atoms in total. The number of hydrogen-bond acceptors (Lipinski definition) is 3. The fourth-order valence-corrected chi connectivity index (χ4v) is 1.67. The van der Waals surface area contributed by atoms with Crippen LogP contribution in [-0.4, -0.2) is 25.7 Å². The number of rotatable bonds is 7. The third kappa shape index (κ3) is 6.36. The topological polar surface area (TPSA) is 64.3 Å². The zero-order chi connectivity index (χ0) is 14.3. The summed E-state index contributed by atoms with van der Waals surface area (Å²) >= 11 is 0. The monoisotopic (exact) mass is 264 g/mol. The second-order valence-corrected chi connectivity index (χ2v) is 5.64. The van der Waals surface area contributed by atoms with E-state index in [1.165, 1.54) is 11.1 Å². The van der Waals surface area contributed by atoms with Crippen LogP contribution in [0.15, 0.2) is 24.3 Å². The Morgan fingerprint density at radius 3 is 2.42 bits per heavy atom. The largest absolute Gasteiger partial charge is 0.370 e. The minimum atomic E-state index is -0.433. The van der Waals surface area contributed by atoms with Crippen LogP contribution in [0.3, 0.4) is 0 Å². The summed E-state index contributed by atoms with van der Waals surface area (Å²) < 4.78 is 5.06. The highest BCUT2D eigenvalue weighted by molar-refractivity contribution is 5.74. The lowest BCUT2D eigenvalue weighted by atomic mass is 9.87. The molecule has 0 bridgehead atoms. The molecule has 0 atom stereocenters. The number of hydrogen-bond donors (Lipinski definition) is 2. The van der Waals surface area contributed by atoms with E-state index in [0.29, 0.717) is 13.2 Å². The zero-order valence-corrected chi connectivity index (χ0v) is 12.0. The van der Waals surface area contributed by atoms with Crippen LogP contribution in [0.25, 0.3) is 0 Å². The summed E-state index contributed by atoms with van der Waals surface area (Å²) in [6.45, 7) is 8.59. The van der Waals surface area contributed by atoms with Crippen LogP contribution in [0, 0.1) is 0 Å². The Kier molecular flexibility index (Phi) is 5.99. The Hall–Kier alpha value is -1.39. The number of carbonyl (C=O) groups excluding carboxylic acids is 1. The van der Waals surface area contributed by atoms with Crippen LogP contribution in [0.5, 0.6) is 0 Å². The fourth-order valence-electron chi connectivity index (χ4n) is 1.67. The third-order valence-corrected chi connectivity index (χ3v) is 2.82. The Morgan fingerprint density at radius 2 is 1.89 bits per heavy atom. The fraction of sp³-hybridized carbons (Fsp3) is 0.533. The summed E-state index contributed by atoms with van der Waals surface area (Å²) in [5.74, 6) is -0.433. The number of amides is 1. The molecule has 0 aromatic heterocycles. The van der Waals surface area contributed by atoms with E-state index in [1.807, 2.05) is 0 Å². The quantitative estimate of drug-likeness (QED) is 0.735. The van der Waals surface area contributed by atoms with Gasteiger partial charge < -0.3 is 15.8 Å². The molecule has 3 N–H and O–H groups in total. The van der Waals surface area contributed by atoms with Crippen molar-refractivity contribution in [2.75, 3.05) is 19.8 Å². The molecule has 19 heavy (non-hydrogen) atoms. The van der Waals surface area contributed by atoms with Crippen molar-refractivity contribution in [3.8, 4) is 0 Å². The Labute approximate surface area is 115 Å². The highest BCUT2D eigenvalue weighted by atomic mass is 16.5. The van der Waals surface area contributed by atoms with Crippen molar-refractivity contribution in [1.82, 2.24) is 5.32 Å². The molecular formula is C15H24N2O2. The first kappa shape index (κ1) is 15.7. The summed E-state index contributed by atoms with van der Waals surface area (Å²) in [6, 6.07) is 8.61. The standard InChI is InChI=1S/C15H24N2O2/c1-15(2,3)13-6-4-12(5-7-13)10-17-8-9-19-11-14(16)18/h4-7,17H,8-11H2,1-3H3,(H2,16,18). The predicted molar refractivity (Wildman–Crippen MR) is 76.9 cm³/mol. The lowest BCUT2D eigenvalue weighted by Crippen LogP contribution is -2.23. The van der Waals surface area contributed by atoms with Crippen molar-refractivity contribution in [3.63, 3.8) is 0 Å². The third-order valence-electron chi connectivity index (χ3n) is 2.82. The molecule has 1 aromatic carbocycles. The molecule has 0 aliphatic rings. The van der Waals surface area contributed by atoms with Crippen LogP contribution < -0.4 is 11.1 Å². The van der Waals surface area contributed by atoms with Gasteiger partial charge in [-0.05, 0) is 16.5 Å². The molecule has 0 aliphatic carbocycles. The van der Waals surface area contributed by atoms with Gasteiger partial charge in [0.1, 0.15) is 6.61 Å². The maximum Gasteiger partial charge on any atom is 0.243 e. The Morgan fingerprint density at radius 1 is 1.26 bits per heavy atom. The van der Waals surface area contributed by atoms with Crippen LogP contribution in [0.4, 0.5) is 0 Å². The Balaban J connectivity index is 2.25. The molecule has 1 rings (SSSR count). The lowest BCUT2D eigenvalue weighted by molar-refractivity contribution is -0.122. The van der Waals surface area contributed by atoms with Crippen molar-refractivity contribution >= 4 is 5.91 Å². The molecule has 0 aliphatic heterocycles. The van der Waals surface area contributed by atoms with E-state index in [9.17, 15) is 4.79 Å². The smallest absolute Gasteiger partial charge is 0.243 e. The molecule has 0 heterocycles. The molecule has 4 heteroatoms. The van der Waals surface area contributed by atoms with Crippen molar-refractivity contribution in [1.29, 1.82) is 0 Å². The van der Waals surface area contributed by atoms with Crippen molar-refractivity contribution in [3.05, 3.63) is 35.4 Å². The van der Waals surface area contributed by atoms with E-state index in [0.717, 1.165) is 6.54 Å². The van der Waals surface area contributed by atoms with Crippen molar-refractivity contribution in [2.24, 2.45) is 5.73 Å². The van der Waals surface area contributed by atoms with Crippen LogP contribution in [0.2, 0.25) is 0 Å². The molecule has 1 amide bonds. The van der Waals surface area contributed by atoms with Gasteiger partial charge >= 0.3 is 0 Å². The zero-order valence-electron chi connectivity index (χ0n) is 12.0. The summed E-state index contributed by atoms with van der Waals surface area (Å²) in [6.07, 6.45) is 0. The van der Waals surface area contributed by atoms with Gasteiger partial charge in [0.25, 0.3) is 0 Å². The first-order chi connectivity index (χ1) is 8.89. The van der Waals surface area contributed by atoms with Crippen LogP contribution >= 0.6 is 0 Å². The molecule has 106 valence electrons. The van der Waals surface area contributed by atoms with Crippen LogP contribution in [0.1, 0.15) is 31.9 Å². The molecule has 0 saturated carbocycles. The number of nitrogens with two attached hydrogens (primary N) is 1. The predicted octanol–water partition coefficient (Wildman–Crippen LogP) is 1.58. The molecule has 0 fully saturated rings. The SMILES string of the molecule is CC(C)(C)c1ccc(CNCCOCC(N)=O)cc1. The minimum Gasteiger partial charge on any atom is -0.370 e. The maximum absolute atomic E-state index is 10.4. The van der Waals surface area contributed by atoms with Crippen molar-refractivity contribution in [2.45, 2.75) is 32.7 Å². The van der Waals surface area contributed by atoms with E-state index in [-0.39, 0.29) is 12.0 Å². The van der Waals surface area contributed by atoms with Gasteiger partial charge in [0.05, 0.1) is 6.61 Å². The van der Waals surface area contributed by atoms with Gasteiger partial charge in [-0.25, -0.2) is 0 Å². The van der Waals surface area contributed by atoms with Crippen molar-refractivity contribution < 1.29 is 9.53 Å². The second kappa shape index (κ2) is 7.26. The first-order valence-corrected chi connectivity index (χ1v) is 6.56. The van der Waals surface area contributed by atoms with E-state index >= 15 is 0 Å².